The first-order chi connectivity index (χ1) is 9.56. The van der Waals surface area contributed by atoms with Gasteiger partial charge in [-0.2, -0.15) is 5.10 Å². The predicted molar refractivity (Wildman–Crippen MR) is 82.6 cm³/mol. The van der Waals surface area contributed by atoms with Crippen LogP contribution in [0.4, 0.5) is 0 Å². The third-order valence-electron chi connectivity index (χ3n) is 3.41. The second-order valence-corrected chi connectivity index (χ2v) is 5.61. The summed E-state index contributed by atoms with van der Waals surface area (Å²) >= 11 is 3.66. The third kappa shape index (κ3) is 3.07. The minimum absolute atomic E-state index is 0.125. The van der Waals surface area contributed by atoms with Gasteiger partial charge in [-0.05, 0) is 36.3 Å². The molecule has 2 heterocycles. The number of aryl methyl sites for hydroxylation is 3. The number of rotatable bonds is 5. The minimum Gasteiger partial charge on any atom is -0.311 e. The van der Waals surface area contributed by atoms with Gasteiger partial charge in [0, 0.05) is 19.7 Å². The Kier molecular flexibility index (Phi) is 4.88. The number of halogens is 1. The zero-order chi connectivity index (χ0) is 14.7. The van der Waals surface area contributed by atoms with Crippen molar-refractivity contribution in [1.82, 2.24) is 25.1 Å². The maximum Gasteiger partial charge on any atom is 0.0766 e. The Morgan fingerprint density at radius 2 is 2.10 bits per heavy atom. The van der Waals surface area contributed by atoms with Crippen LogP contribution >= 0.6 is 15.9 Å². The molecule has 0 spiro atoms. The molecule has 0 amide bonds. The predicted octanol–water partition coefficient (Wildman–Crippen LogP) is 2.35. The summed E-state index contributed by atoms with van der Waals surface area (Å²) in [5.74, 6) is 0. The first-order valence-electron chi connectivity index (χ1n) is 6.72. The minimum atomic E-state index is 0.125. The second-order valence-electron chi connectivity index (χ2n) is 4.81. The average molecular weight is 338 g/mol. The van der Waals surface area contributed by atoms with Crippen molar-refractivity contribution < 1.29 is 0 Å². The number of hydrogen-bond acceptors (Lipinski definition) is 4. The van der Waals surface area contributed by atoms with Crippen molar-refractivity contribution in [1.29, 1.82) is 0 Å². The van der Waals surface area contributed by atoms with Gasteiger partial charge in [0.25, 0.3) is 0 Å². The lowest BCUT2D eigenvalue weighted by Crippen LogP contribution is -2.21. The van der Waals surface area contributed by atoms with Gasteiger partial charge >= 0.3 is 0 Å². The fourth-order valence-electron chi connectivity index (χ4n) is 2.17. The van der Waals surface area contributed by atoms with Crippen LogP contribution in [0.15, 0.2) is 16.9 Å². The number of likely N-dealkylation sites (N-methyl/N-ethyl adjacent to an activating group) is 1. The van der Waals surface area contributed by atoms with Gasteiger partial charge in [-0.25, -0.2) is 0 Å². The molecule has 108 valence electrons. The van der Waals surface area contributed by atoms with Crippen LogP contribution in [0.1, 0.15) is 35.7 Å². The summed E-state index contributed by atoms with van der Waals surface area (Å²) in [6, 6.07) is 0.125. The molecule has 20 heavy (non-hydrogen) atoms. The van der Waals surface area contributed by atoms with E-state index in [9.17, 15) is 0 Å². The van der Waals surface area contributed by atoms with Crippen molar-refractivity contribution in [2.24, 2.45) is 7.05 Å². The van der Waals surface area contributed by atoms with E-state index in [2.05, 4.69) is 43.2 Å². The van der Waals surface area contributed by atoms with Gasteiger partial charge in [0.15, 0.2) is 0 Å². The van der Waals surface area contributed by atoms with Gasteiger partial charge in [-0.3, -0.25) is 14.6 Å². The lowest BCUT2D eigenvalue weighted by Gasteiger charge is -2.16. The molecule has 1 atom stereocenters. The van der Waals surface area contributed by atoms with Crippen molar-refractivity contribution >= 4 is 15.9 Å². The first kappa shape index (κ1) is 15.1. The van der Waals surface area contributed by atoms with Gasteiger partial charge in [-0.1, -0.05) is 6.92 Å². The fraction of sp³-hybridized carbons (Fsp3) is 0.500. The number of aromatic nitrogens is 4. The van der Waals surface area contributed by atoms with Crippen LogP contribution in [0.3, 0.4) is 0 Å². The Morgan fingerprint density at radius 3 is 2.60 bits per heavy atom. The molecule has 0 aliphatic heterocycles. The summed E-state index contributed by atoms with van der Waals surface area (Å²) in [6.45, 7) is 4.05. The van der Waals surface area contributed by atoms with E-state index in [0.717, 1.165) is 34.4 Å². The van der Waals surface area contributed by atoms with Crippen molar-refractivity contribution in [3.63, 3.8) is 0 Å². The quantitative estimate of drug-likeness (QED) is 0.909. The van der Waals surface area contributed by atoms with Crippen LogP contribution in [0.5, 0.6) is 0 Å². The summed E-state index contributed by atoms with van der Waals surface area (Å²) in [7, 11) is 3.92. The van der Waals surface area contributed by atoms with Crippen molar-refractivity contribution in [2.45, 2.75) is 32.7 Å². The summed E-state index contributed by atoms with van der Waals surface area (Å²) in [6.07, 6.45) is 5.37. The molecular formula is C14H20BrN5. The van der Waals surface area contributed by atoms with E-state index < -0.39 is 0 Å². The molecule has 1 N–H and O–H groups in total. The largest absolute Gasteiger partial charge is 0.311 e. The molecule has 6 heteroatoms. The second kappa shape index (κ2) is 6.45. The normalized spacial score (nSPS) is 12.7. The lowest BCUT2D eigenvalue weighted by atomic mass is 10.1. The van der Waals surface area contributed by atoms with Crippen LogP contribution in [0, 0.1) is 6.92 Å². The summed E-state index contributed by atoms with van der Waals surface area (Å²) in [4.78, 5) is 8.78. The number of nitrogens with one attached hydrogen (secondary N) is 1. The van der Waals surface area contributed by atoms with Gasteiger partial charge < -0.3 is 5.32 Å². The smallest absolute Gasteiger partial charge is 0.0766 e. The highest BCUT2D eigenvalue weighted by Gasteiger charge is 2.19. The molecule has 0 saturated carbocycles. The summed E-state index contributed by atoms with van der Waals surface area (Å²) in [5, 5.41) is 7.83. The highest BCUT2D eigenvalue weighted by atomic mass is 79.9. The van der Waals surface area contributed by atoms with E-state index >= 15 is 0 Å². The molecule has 1 unspecified atom stereocenters. The molecule has 2 aromatic heterocycles. The zero-order valence-electron chi connectivity index (χ0n) is 12.3. The van der Waals surface area contributed by atoms with Gasteiger partial charge in [0.1, 0.15) is 0 Å². The van der Waals surface area contributed by atoms with Gasteiger partial charge in [0.2, 0.25) is 0 Å². The van der Waals surface area contributed by atoms with Crippen LogP contribution in [-0.4, -0.2) is 26.8 Å². The number of nitrogens with zero attached hydrogens (tertiary/aromatic N) is 4. The Balaban J connectivity index is 2.26. The Labute approximate surface area is 128 Å². The molecule has 0 bridgehead atoms. The highest BCUT2D eigenvalue weighted by molar-refractivity contribution is 9.10. The molecular weight excluding hydrogens is 318 g/mol. The van der Waals surface area contributed by atoms with Gasteiger partial charge in [0.05, 0.1) is 39.5 Å². The SMILES string of the molecule is CCc1nn(C)c(CC(NC)c2cnc(C)cn2)c1Br. The highest BCUT2D eigenvalue weighted by Crippen LogP contribution is 2.25. The molecule has 0 saturated heterocycles. The van der Waals surface area contributed by atoms with E-state index in [1.165, 1.54) is 5.69 Å². The van der Waals surface area contributed by atoms with Crippen molar-refractivity contribution in [2.75, 3.05) is 7.05 Å². The van der Waals surface area contributed by atoms with Crippen molar-refractivity contribution in [3.8, 4) is 0 Å². The van der Waals surface area contributed by atoms with E-state index in [0.29, 0.717) is 0 Å². The maximum absolute atomic E-state index is 4.53. The molecule has 0 aliphatic carbocycles. The van der Waals surface area contributed by atoms with Crippen LogP contribution in [-0.2, 0) is 19.9 Å². The monoisotopic (exact) mass is 337 g/mol. The summed E-state index contributed by atoms with van der Waals surface area (Å²) < 4.78 is 3.04. The molecule has 2 rings (SSSR count). The Hall–Kier alpha value is -1.27. The first-order valence-corrected chi connectivity index (χ1v) is 7.52. The van der Waals surface area contributed by atoms with E-state index in [1.807, 2.05) is 31.9 Å². The molecule has 0 aliphatic rings. The van der Waals surface area contributed by atoms with Crippen LogP contribution in [0.25, 0.3) is 0 Å². The topological polar surface area (TPSA) is 55.6 Å². The average Bonchev–Trinajstić information content (AvgIpc) is 2.72. The summed E-state index contributed by atoms with van der Waals surface area (Å²) in [5.41, 5.74) is 4.14. The Morgan fingerprint density at radius 1 is 1.35 bits per heavy atom. The van der Waals surface area contributed by atoms with E-state index in [-0.39, 0.29) is 6.04 Å². The standard InChI is InChI=1S/C14H20BrN5/c1-5-10-14(15)13(20(4)19-10)6-11(16-3)12-8-17-9(2)7-18-12/h7-8,11,16H,5-6H2,1-4H3. The molecule has 0 aromatic carbocycles. The maximum atomic E-state index is 4.53. The van der Waals surface area contributed by atoms with E-state index in [1.54, 1.807) is 6.20 Å². The Bertz CT molecular complexity index is 576. The molecule has 5 nitrogen and oxygen atoms in total. The van der Waals surface area contributed by atoms with Crippen LogP contribution in [0.2, 0.25) is 0 Å². The van der Waals surface area contributed by atoms with Crippen LogP contribution < -0.4 is 5.32 Å². The molecule has 0 fully saturated rings. The zero-order valence-corrected chi connectivity index (χ0v) is 13.9. The van der Waals surface area contributed by atoms with Gasteiger partial charge in [-0.15, -0.1) is 0 Å². The fourth-order valence-corrected chi connectivity index (χ4v) is 2.95. The lowest BCUT2D eigenvalue weighted by molar-refractivity contribution is 0.545. The third-order valence-corrected chi connectivity index (χ3v) is 4.32. The molecule has 0 radical (unpaired) electrons. The van der Waals surface area contributed by atoms with E-state index in [4.69, 9.17) is 0 Å². The molecule has 2 aromatic rings. The van der Waals surface area contributed by atoms with Crippen molar-refractivity contribution in [3.05, 3.63) is 39.6 Å². The number of hydrogen-bond donors (Lipinski definition) is 1.